The van der Waals surface area contributed by atoms with Crippen molar-refractivity contribution in [3.8, 4) is 0 Å². The number of rotatable bonds is 3. The van der Waals surface area contributed by atoms with Crippen LogP contribution in [-0.4, -0.2) is 15.9 Å². The summed E-state index contributed by atoms with van der Waals surface area (Å²) in [6.45, 7) is 2.41. The Morgan fingerprint density at radius 2 is 1.85 bits per heavy atom. The highest BCUT2D eigenvalue weighted by atomic mass is 16.1. The molecule has 0 bridgehead atoms. The minimum Gasteiger partial charge on any atom is -0.350 e. The van der Waals surface area contributed by atoms with Crippen molar-refractivity contribution >= 4 is 16.9 Å². The molecule has 1 aliphatic carbocycles. The van der Waals surface area contributed by atoms with Gasteiger partial charge in [-0.15, -0.1) is 0 Å². The molecule has 1 aromatic carbocycles. The molecular weight excluding hydrogens is 250 g/mol. The van der Waals surface area contributed by atoms with Gasteiger partial charge in [-0.25, -0.2) is 9.97 Å². The predicted octanol–water partition coefficient (Wildman–Crippen LogP) is 2.74. The number of nitrogens with zero attached hydrogens (tertiary/aromatic N) is 2. The maximum Gasteiger partial charge on any atom is 0.223 e. The van der Waals surface area contributed by atoms with Gasteiger partial charge in [0.25, 0.3) is 0 Å². The van der Waals surface area contributed by atoms with Crippen LogP contribution >= 0.6 is 0 Å². The summed E-state index contributed by atoms with van der Waals surface area (Å²) < 4.78 is 0. The summed E-state index contributed by atoms with van der Waals surface area (Å²) in [4.78, 5) is 21.2. The van der Waals surface area contributed by atoms with Crippen LogP contribution in [0.4, 0.5) is 0 Å². The van der Waals surface area contributed by atoms with Crippen molar-refractivity contribution < 1.29 is 4.79 Å². The molecular formula is C16H19N3O. The normalized spacial score (nSPS) is 15.7. The zero-order valence-corrected chi connectivity index (χ0v) is 11.7. The quantitative estimate of drug-likeness (QED) is 0.932. The first-order chi connectivity index (χ1) is 9.74. The van der Waals surface area contributed by atoms with Gasteiger partial charge < -0.3 is 5.32 Å². The van der Waals surface area contributed by atoms with Gasteiger partial charge in [0.15, 0.2) is 0 Å². The number of amides is 1. The van der Waals surface area contributed by atoms with E-state index in [2.05, 4.69) is 15.3 Å². The van der Waals surface area contributed by atoms with Crippen LogP contribution in [0.3, 0.4) is 0 Å². The summed E-state index contributed by atoms with van der Waals surface area (Å²) in [6.07, 6.45) is 4.39. The average Bonchev–Trinajstić information content (AvgIpc) is 2.99. The van der Waals surface area contributed by atoms with E-state index >= 15 is 0 Å². The van der Waals surface area contributed by atoms with Crippen LogP contribution < -0.4 is 5.32 Å². The van der Waals surface area contributed by atoms with E-state index < -0.39 is 0 Å². The highest BCUT2D eigenvalue weighted by molar-refractivity contribution is 5.79. The largest absolute Gasteiger partial charge is 0.350 e. The number of aromatic nitrogens is 2. The van der Waals surface area contributed by atoms with Crippen molar-refractivity contribution in [2.45, 2.75) is 39.2 Å². The Hall–Kier alpha value is -1.97. The minimum atomic E-state index is 0.164. The van der Waals surface area contributed by atoms with E-state index in [-0.39, 0.29) is 11.8 Å². The van der Waals surface area contributed by atoms with Gasteiger partial charge in [-0.3, -0.25) is 4.79 Å². The summed E-state index contributed by atoms with van der Waals surface area (Å²) in [7, 11) is 0. The van der Waals surface area contributed by atoms with Gasteiger partial charge in [0.05, 0.1) is 29.0 Å². The van der Waals surface area contributed by atoms with Crippen LogP contribution in [-0.2, 0) is 11.3 Å². The van der Waals surface area contributed by atoms with Gasteiger partial charge in [-0.05, 0) is 31.9 Å². The Kier molecular flexibility index (Phi) is 3.63. The van der Waals surface area contributed by atoms with Crippen LogP contribution in [0.2, 0.25) is 0 Å². The number of aryl methyl sites for hydroxylation is 1. The van der Waals surface area contributed by atoms with E-state index in [0.717, 1.165) is 35.3 Å². The van der Waals surface area contributed by atoms with Gasteiger partial charge in [0, 0.05) is 5.92 Å². The summed E-state index contributed by atoms with van der Waals surface area (Å²) in [6, 6.07) is 7.81. The summed E-state index contributed by atoms with van der Waals surface area (Å²) in [5.74, 6) is 0.362. The number of carbonyl (C=O) groups is 1. The van der Waals surface area contributed by atoms with Crippen molar-refractivity contribution in [1.82, 2.24) is 15.3 Å². The first kappa shape index (κ1) is 13.0. The van der Waals surface area contributed by atoms with Gasteiger partial charge in [-0.2, -0.15) is 0 Å². The van der Waals surface area contributed by atoms with Gasteiger partial charge >= 0.3 is 0 Å². The molecule has 1 fully saturated rings. The first-order valence-electron chi connectivity index (χ1n) is 7.24. The lowest BCUT2D eigenvalue weighted by Gasteiger charge is -2.11. The van der Waals surface area contributed by atoms with Crippen LogP contribution in [0.15, 0.2) is 24.3 Å². The summed E-state index contributed by atoms with van der Waals surface area (Å²) in [5, 5.41) is 3.00. The molecule has 1 aliphatic rings. The second kappa shape index (κ2) is 5.57. The lowest BCUT2D eigenvalue weighted by molar-refractivity contribution is -0.124. The smallest absolute Gasteiger partial charge is 0.223 e. The fourth-order valence-corrected chi connectivity index (χ4v) is 2.80. The lowest BCUT2D eigenvalue weighted by Crippen LogP contribution is -2.29. The van der Waals surface area contributed by atoms with Gasteiger partial charge in [0.2, 0.25) is 5.91 Å². The third-order valence-corrected chi connectivity index (χ3v) is 4.00. The third kappa shape index (κ3) is 2.64. The van der Waals surface area contributed by atoms with Crippen molar-refractivity contribution in [3.63, 3.8) is 0 Å². The molecule has 20 heavy (non-hydrogen) atoms. The zero-order valence-electron chi connectivity index (χ0n) is 11.7. The molecule has 1 heterocycles. The molecule has 0 unspecified atom stereocenters. The molecule has 0 aliphatic heterocycles. The number of hydrogen-bond donors (Lipinski definition) is 1. The Labute approximate surface area is 118 Å². The molecule has 1 saturated carbocycles. The van der Waals surface area contributed by atoms with E-state index in [4.69, 9.17) is 0 Å². The van der Waals surface area contributed by atoms with Crippen LogP contribution in [0.25, 0.3) is 11.0 Å². The fraction of sp³-hybridized carbons (Fsp3) is 0.438. The number of carbonyl (C=O) groups excluding carboxylic acids is 1. The standard InChI is InChI=1S/C16H19N3O/c1-11-15(10-17-16(20)12-6-2-3-7-12)19-14-9-5-4-8-13(14)18-11/h4-5,8-9,12H,2-3,6-7,10H2,1H3,(H,17,20). The Balaban J connectivity index is 1.73. The molecule has 4 nitrogen and oxygen atoms in total. The van der Waals surface area contributed by atoms with Crippen LogP contribution in [0, 0.1) is 12.8 Å². The molecule has 0 spiro atoms. The van der Waals surface area contributed by atoms with Crippen molar-refractivity contribution in [2.24, 2.45) is 5.92 Å². The Morgan fingerprint density at radius 1 is 1.20 bits per heavy atom. The molecule has 1 aromatic heterocycles. The minimum absolute atomic E-state index is 0.164. The molecule has 4 heteroatoms. The maximum atomic E-state index is 12.0. The Morgan fingerprint density at radius 3 is 2.55 bits per heavy atom. The lowest BCUT2D eigenvalue weighted by atomic mass is 10.1. The summed E-state index contributed by atoms with van der Waals surface area (Å²) in [5.41, 5.74) is 3.52. The zero-order chi connectivity index (χ0) is 13.9. The number of hydrogen-bond acceptors (Lipinski definition) is 3. The second-order valence-electron chi connectivity index (χ2n) is 5.44. The summed E-state index contributed by atoms with van der Waals surface area (Å²) >= 11 is 0. The number of nitrogens with one attached hydrogen (secondary N) is 1. The molecule has 1 N–H and O–H groups in total. The van der Waals surface area contributed by atoms with Crippen LogP contribution in [0.1, 0.15) is 37.1 Å². The molecule has 3 rings (SSSR count). The average molecular weight is 269 g/mol. The maximum absolute atomic E-state index is 12.0. The number of fused-ring (bicyclic) bond motifs is 1. The third-order valence-electron chi connectivity index (χ3n) is 4.00. The molecule has 0 radical (unpaired) electrons. The van der Waals surface area contributed by atoms with E-state index in [1.54, 1.807) is 0 Å². The van der Waals surface area contributed by atoms with Gasteiger partial charge in [-0.1, -0.05) is 25.0 Å². The molecule has 2 aromatic rings. The molecule has 0 atom stereocenters. The molecule has 1 amide bonds. The van der Waals surface area contributed by atoms with Crippen molar-refractivity contribution in [3.05, 3.63) is 35.7 Å². The van der Waals surface area contributed by atoms with E-state index in [0.29, 0.717) is 6.54 Å². The number of benzene rings is 1. The Bertz CT molecular complexity index is 633. The highest BCUT2D eigenvalue weighted by Gasteiger charge is 2.22. The second-order valence-corrected chi connectivity index (χ2v) is 5.44. The van der Waals surface area contributed by atoms with E-state index in [9.17, 15) is 4.79 Å². The SMILES string of the molecule is Cc1nc2ccccc2nc1CNC(=O)C1CCCC1. The topological polar surface area (TPSA) is 54.9 Å². The van der Waals surface area contributed by atoms with Crippen molar-refractivity contribution in [2.75, 3.05) is 0 Å². The molecule has 104 valence electrons. The van der Waals surface area contributed by atoms with Gasteiger partial charge in [0.1, 0.15) is 0 Å². The monoisotopic (exact) mass is 269 g/mol. The van der Waals surface area contributed by atoms with E-state index in [1.807, 2.05) is 31.2 Å². The van der Waals surface area contributed by atoms with E-state index in [1.165, 1.54) is 12.8 Å². The number of para-hydroxylation sites is 2. The van der Waals surface area contributed by atoms with Crippen LogP contribution in [0.5, 0.6) is 0 Å². The fourth-order valence-electron chi connectivity index (χ4n) is 2.80. The predicted molar refractivity (Wildman–Crippen MR) is 78.1 cm³/mol. The van der Waals surface area contributed by atoms with Crippen molar-refractivity contribution in [1.29, 1.82) is 0 Å². The molecule has 0 saturated heterocycles. The highest BCUT2D eigenvalue weighted by Crippen LogP contribution is 2.24. The first-order valence-corrected chi connectivity index (χ1v) is 7.24.